The molecule has 100 valence electrons. The first-order valence-electron chi connectivity index (χ1n) is 6.11. The van der Waals surface area contributed by atoms with Gasteiger partial charge in [-0.2, -0.15) is 0 Å². The molecule has 0 aliphatic carbocycles. The Hall–Kier alpha value is -2.14. The van der Waals surface area contributed by atoms with Crippen LogP contribution in [0.5, 0.6) is 5.75 Å². The van der Waals surface area contributed by atoms with Gasteiger partial charge in [-0.1, -0.05) is 6.07 Å². The van der Waals surface area contributed by atoms with E-state index >= 15 is 0 Å². The molecule has 0 radical (unpaired) electrons. The Morgan fingerprint density at radius 1 is 1.37 bits per heavy atom. The molecule has 5 heteroatoms. The molecule has 0 fully saturated rings. The molecule has 2 rings (SSSR count). The van der Waals surface area contributed by atoms with Gasteiger partial charge in [0.05, 0.1) is 12.1 Å². The summed E-state index contributed by atoms with van der Waals surface area (Å²) in [6.45, 7) is 2.12. The van der Waals surface area contributed by atoms with Crippen molar-refractivity contribution < 1.29 is 14.3 Å². The second-order valence-corrected chi connectivity index (χ2v) is 4.00. The highest BCUT2D eigenvalue weighted by atomic mass is 16.5. The highest BCUT2D eigenvalue weighted by Crippen LogP contribution is 2.23. The van der Waals surface area contributed by atoms with E-state index in [1.54, 1.807) is 13.1 Å². The van der Waals surface area contributed by atoms with E-state index in [1.807, 2.05) is 30.3 Å². The summed E-state index contributed by atoms with van der Waals surface area (Å²) >= 11 is 0. The zero-order chi connectivity index (χ0) is 13.7. The van der Waals surface area contributed by atoms with Crippen LogP contribution in [-0.4, -0.2) is 30.2 Å². The second kappa shape index (κ2) is 6.15. The number of fused-ring (bicyclic) bond motifs is 1. The number of carbonyl (C=O) groups is 1. The van der Waals surface area contributed by atoms with Crippen molar-refractivity contribution >= 4 is 16.9 Å². The minimum atomic E-state index is -0.785. The van der Waals surface area contributed by atoms with Crippen LogP contribution in [-0.2, 0) is 9.53 Å². The van der Waals surface area contributed by atoms with E-state index < -0.39 is 12.0 Å². The summed E-state index contributed by atoms with van der Waals surface area (Å²) < 4.78 is 10.4. The fourth-order valence-electron chi connectivity index (χ4n) is 1.70. The molecule has 0 spiro atoms. The molecule has 2 aromatic rings. The quantitative estimate of drug-likeness (QED) is 0.825. The van der Waals surface area contributed by atoms with Crippen LogP contribution >= 0.6 is 0 Å². The van der Waals surface area contributed by atoms with E-state index in [-0.39, 0.29) is 6.61 Å². The van der Waals surface area contributed by atoms with Crippen LogP contribution < -0.4 is 10.5 Å². The van der Waals surface area contributed by atoms with E-state index in [0.717, 1.165) is 10.9 Å². The number of benzene rings is 1. The maximum atomic E-state index is 11.4. The minimum absolute atomic E-state index is 0.0762. The van der Waals surface area contributed by atoms with Crippen LogP contribution in [0.3, 0.4) is 0 Å². The summed E-state index contributed by atoms with van der Waals surface area (Å²) in [6, 6.07) is 8.52. The van der Waals surface area contributed by atoms with Crippen LogP contribution in [0.25, 0.3) is 10.9 Å². The SMILES string of the molecule is CCOC(=O)C(N)COc1cccc2ncccc12. The van der Waals surface area contributed by atoms with Gasteiger partial charge in [-0.3, -0.25) is 9.78 Å². The van der Waals surface area contributed by atoms with Crippen molar-refractivity contribution in [2.75, 3.05) is 13.2 Å². The summed E-state index contributed by atoms with van der Waals surface area (Å²) in [6.07, 6.45) is 1.72. The average molecular weight is 260 g/mol. The van der Waals surface area contributed by atoms with Gasteiger partial charge in [-0.05, 0) is 31.2 Å². The molecule has 1 atom stereocenters. The number of hydrogen-bond acceptors (Lipinski definition) is 5. The minimum Gasteiger partial charge on any atom is -0.491 e. The Morgan fingerprint density at radius 2 is 2.21 bits per heavy atom. The number of hydrogen-bond donors (Lipinski definition) is 1. The lowest BCUT2D eigenvalue weighted by Crippen LogP contribution is -2.37. The summed E-state index contributed by atoms with van der Waals surface area (Å²) in [5.74, 6) is 0.200. The van der Waals surface area contributed by atoms with Crippen LogP contribution in [0.1, 0.15) is 6.92 Å². The molecule has 1 aromatic carbocycles. The molecule has 0 saturated carbocycles. The molecule has 1 aromatic heterocycles. The molecular formula is C14H16N2O3. The highest BCUT2D eigenvalue weighted by molar-refractivity contribution is 5.84. The topological polar surface area (TPSA) is 74.4 Å². The highest BCUT2D eigenvalue weighted by Gasteiger charge is 2.15. The summed E-state index contributed by atoms with van der Waals surface area (Å²) in [5, 5.41) is 0.890. The number of carbonyl (C=O) groups excluding carboxylic acids is 1. The van der Waals surface area contributed by atoms with E-state index in [1.165, 1.54) is 0 Å². The first-order chi connectivity index (χ1) is 9.22. The molecule has 19 heavy (non-hydrogen) atoms. The molecule has 2 N–H and O–H groups in total. The van der Waals surface area contributed by atoms with E-state index in [9.17, 15) is 4.79 Å². The number of esters is 1. The lowest BCUT2D eigenvalue weighted by Gasteiger charge is -2.13. The fourth-order valence-corrected chi connectivity index (χ4v) is 1.70. The van der Waals surface area contributed by atoms with Crippen molar-refractivity contribution in [2.24, 2.45) is 5.73 Å². The van der Waals surface area contributed by atoms with Gasteiger partial charge in [-0.25, -0.2) is 0 Å². The molecular weight excluding hydrogens is 244 g/mol. The normalized spacial score (nSPS) is 12.1. The molecule has 1 unspecified atom stereocenters. The van der Waals surface area contributed by atoms with Crippen molar-refractivity contribution in [3.63, 3.8) is 0 Å². The molecule has 0 saturated heterocycles. The van der Waals surface area contributed by atoms with Gasteiger partial charge < -0.3 is 15.2 Å². The molecule has 0 aliphatic heterocycles. The number of nitrogens with two attached hydrogens (primary N) is 1. The number of rotatable bonds is 5. The molecule has 0 bridgehead atoms. The molecule has 0 aliphatic rings. The largest absolute Gasteiger partial charge is 0.491 e. The number of ether oxygens (including phenoxy) is 2. The third-order valence-electron chi connectivity index (χ3n) is 2.61. The van der Waals surface area contributed by atoms with Crippen LogP contribution in [0.4, 0.5) is 0 Å². The van der Waals surface area contributed by atoms with E-state index in [4.69, 9.17) is 15.2 Å². The van der Waals surface area contributed by atoms with Gasteiger partial charge in [0.2, 0.25) is 0 Å². The smallest absolute Gasteiger partial charge is 0.326 e. The molecule has 1 heterocycles. The molecule has 5 nitrogen and oxygen atoms in total. The van der Waals surface area contributed by atoms with Gasteiger partial charge in [-0.15, -0.1) is 0 Å². The zero-order valence-electron chi connectivity index (χ0n) is 10.7. The van der Waals surface area contributed by atoms with Gasteiger partial charge in [0.1, 0.15) is 18.4 Å². The Morgan fingerprint density at radius 3 is 3.00 bits per heavy atom. The van der Waals surface area contributed by atoms with Crippen molar-refractivity contribution in [1.82, 2.24) is 4.98 Å². The van der Waals surface area contributed by atoms with Crippen LogP contribution in [0.15, 0.2) is 36.5 Å². The predicted molar refractivity (Wildman–Crippen MR) is 71.8 cm³/mol. The first kappa shape index (κ1) is 13.3. The molecule has 0 amide bonds. The van der Waals surface area contributed by atoms with Gasteiger partial charge in [0.15, 0.2) is 0 Å². The Kier molecular flexibility index (Phi) is 4.30. The van der Waals surface area contributed by atoms with Gasteiger partial charge >= 0.3 is 5.97 Å². The lowest BCUT2D eigenvalue weighted by molar-refractivity contribution is -0.145. The van der Waals surface area contributed by atoms with E-state index in [0.29, 0.717) is 12.4 Å². The van der Waals surface area contributed by atoms with Crippen LogP contribution in [0, 0.1) is 0 Å². The Bertz CT molecular complexity index is 566. The number of nitrogens with zero attached hydrogens (tertiary/aromatic N) is 1. The van der Waals surface area contributed by atoms with Crippen molar-refractivity contribution in [1.29, 1.82) is 0 Å². The third kappa shape index (κ3) is 3.20. The van der Waals surface area contributed by atoms with Crippen molar-refractivity contribution in [3.05, 3.63) is 36.5 Å². The first-order valence-corrected chi connectivity index (χ1v) is 6.11. The van der Waals surface area contributed by atoms with E-state index in [2.05, 4.69) is 4.98 Å². The maximum absolute atomic E-state index is 11.4. The Labute approximate surface area is 111 Å². The standard InChI is InChI=1S/C14H16N2O3/c1-2-18-14(17)11(15)9-19-13-7-3-6-12-10(13)5-4-8-16-12/h3-8,11H,2,9,15H2,1H3. The van der Waals surface area contributed by atoms with Crippen molar-refractivity contribution in [2.45, 2.75) is 13.0 Å². The third-order valence-corrected chi connectivity index (χ3v) is 2.61. The fraction of sp³-hybridized carbons (Fsp3) is 0.286. The van der Waals surface area contributed by atoms with Crippen LogP contribution in [0.2, 0.25) is 0 Å². The van der Waals surface area contributed by atoms with Gasteiger partial charge in [0, 0.05) is 11.6 Å². The monoisotopic (exact) mass is 260 g/mol. The predicted octanol–water partition coefficient (Wildman–Crippen LogP) is 1.50. The zero-order valence-corrected chi connectivity index (χ0v) is 10.7. The van der Waals surface area contributed by atoms with Gasteiger partial charge in [0.25, 0.3) is 0 Å². The second-order valence-electron chi connectivity index (χ2n) is 4.00. The lowest BCUT2D eigenvalue weighted by atomic mass is 10.2. The number of aromatic nitrogens is 1. The summed E-state index contributed by atoms with van der Waals surface area (Å²) in [5.41, 5.74) is 6.52. The maximum Gasteiger partial charge on any atom is 0.326 e. The van der Waals surface area contributed by atoms with Crippen molar-refractivity contribution in [3.8, 4) is 5.75 Å². The summed E-state index contributed by atoms with van der Waals surface area (Å²) in [7, 11) is 0. The summed E-state index contributed by atoms with van der Waals surface area (Å²) in [4.78, 5) is 15.6. The number of pyridine rings is 1. The Balaban J connectivity index is 2.08. The average Bonchev–Trinajstić information content (AvgIpc) is 2.45.